The third-order valence-corrected chi connectivity index (χ3v) is 1.59. The van der Waals surface area contributed by atoms with Crippen molar-refractivity contribution in [1.29, 1.82) is 0 Å². The summed E-state index contributed by atoms with van der Waals surface area (Å²) in [5.74, 6) is 1.49. The number of hydrogen-bond donors (Lipinski definition) is 1. The van der Waals surface area contributed by atoms with Gasteiger partial charge < -0.3 is 15.2 Å². The quantitative estimate of drug-likeness (QED) is 0.789. The molecule has 1 aromatic rings. The SMILES string of the molecule is CCOc1ccc(OCC)c(N)c1.Cl. The highest BCUT2D eigenvalue weighted by atomic mass is 35.5. The smallest absolute Gasteiger partial charge is 0.142 e. The highest BCUT2D eigenvalue weighted by Crippen LogP contribution is 2.26. The average molecular weight is 218 g/mol. The van der Waals surface area contributed by atoms with Crippen LogP contribution in [0.3, 0.4) is 0 Å². The normalized spacial score (nSPS) is 9.00. The molecule has 80 valence electrons. The number of hydrogen-bond acceptors (Lipinski definition) is 3. The minimum absolute atomic E-state index is 0. The second-order valence-corrected chi connectivity index (χ2v) is 2.57. The van der Waals surface area contributed by atoms with Crippen molar-refractivity contribution in [3.8, 4) is 11.5 Å². The summed E-state index contributed by atoms with van der Waals surface area (Å²) in [5, 5.41) is 0. The molecular formula is C10H16ClNO2. The van der Waals surface area contributed by atoms with Crippen LogP contribution in [-0.2, 0) is 0 Å². The van der Waals surface area contributed by atoms with Gasteiger partial charge in [-0.25, -0.2) is 0 Å². The van der Waals surface area contributed by atoms with E-state index in [1.54, 1.807) is 6.07 Å². The lowest BCUT2D eigenvalue weighted by Gasteiger charge is -2.08. The molecule has 0 saturated carbocycles. The molecule has 0 radical (unpaired) electrons. The first-order chi connectivity index (χ1) is 6.27. The van der Waals surface area contributed by atoms with Crippen molar-refractivity contribution in [2.75, 3.05) is 18.9 Å². The van der Waals surface area contributed by atoms with Gasteiger partial charge in [0.05, 0.1) is 18.9 Å². The Morgan fingerprint density at radius 1 is 1.14 bits per heavy atom. The fourth-order valence-electron chi connectivity index (χ4n) is 1.07. The summed E-state index contributed by atoms with van der Waals surface area (Å²) >= 11 is 0. The molecule has 0 unspecified atom stereocenters. The predicted molar refractivity (Wildman–Crippen MR) is 60.4 cm³/mol. The summed E-state index contributed by atoms with van der Waals surface area (Å²) in [5.41, 5.74) is 6.35. The van der Waals surface area contributed by atoms with Gasteiger partial charge in [0.15, 0.2) is 0 Å². The minimum Gasteiger partial charge on any atom is -0.494 e. The first-order valence-electron chi connectivity index (χ1n) is 4.43. The molecule has 0 aromatic heterocycles. The molecule has 3 nitrogen and oxygen atoms in total. The molecule has 0 aliphatic rings. The maximum atomic E-state index is 5.73. The molecule has 14 heavy (non-hydrogen) atoms. The molecule has 0 spiro atoms. The van der Waals surface area contributed by atoms with Crippen LogP contribution >= 0.6 is 12.4 Å². The van der Waals surface area contributed by atoms with Crippen LogP contribution in [0.2, 0.25) is 0 Å². The van der Waals surface area contributed by atoms with Crippen LogP contribution in [0, 0.1) is 0 Å². The first kappa shape index (κ1) is 12.9. The Hall–Kier alpha value is -1.09. The largest absolute Gasteiger partial charge is 0.494 e. The lowest BCUT2D eigenvalue weighted by Crippen LogP contribution is -1.98. The molecule has 0 aliphatic heterocycles. The topological polar surface area (TPSA) is 44.5 Å². The van der Waals surface area contributed by atoms with Crippen LogP contribution in [0.25, 0.3) is 0 Å². The highest BCUT2D eigenvalue weighted by Gasteiger charge is 2.00. The molecule has 0 aliphatic carbocycles. The maximum Gasteiger partial charge on any atom is 0.142 e. The van der Waals surface area contributed by atoms with E-state index in [9.17, 15) is 0 Å². The van der Waals surface area contributed by atoms with E-state index < -0.39 is 0 Å². The minimum atomic E-state index is 0. The van der Waals surface area contributed by atoms with E-state index in [0.29, 0.717) is 24.7 Å². The number of anilines is 1. The average Bonchev–Trinajstić information content (AvgIpc) is 2.10. The monoisotopic (exact) mass is 217 g/mol. The molecule has 2 N–H and O–H groups in total. The molecule has 0 amide bonds. The van der Waals surface area contributed by atoms with Gasteiger partial charge >= 0.3 is 0 Å². The fourth-order valence-corrected chi connectivity index (χ4v) is 1.07. The summed E-state index contributed by atoms with van der Waals surface area (Å²) in [6.07, 6.45) is 0. The molecule has 0 heterocycles. The second-order valence-electron chi connectivity index (χ2n) is 2.57. The van der Waals surface area contributed by atoms with Crippen LogP contribution in [0.15, 0.2) is 18.2 Å². The zero-order valence-electron chi connectivity index (χ0n) is 8.45. The summed E-state index contributed by atoms with van der Waals surface area (Å²) < 4.78 is 10.6. The van der Waals surface area contributed by atoms with Gasteiger partial charge in [0.25, 0.3) is 0 Å². The van der Waals surface area contributed by atoms with Gasteiger partial charge in [-0.2, -0.15) is 0 Å². The summed E-state index contributed by atoms with van der Waals surface area (Å²) in [7, 11) is 0. The zero-order valence-corrected chi connectivity index (χ0v) is 9.26. The Balaban J connectivity index is 0.00000169. The number of ether oxygens (including phenoxy) is 2. The first-order valence-corrected chi connectivity index (χ1v) is 4.43. The van der Waals surface area contributed by atoms with E-state index in [2.05, 4.69) is 0 Å². The molecule has 0 saturated heterocycles. The fraction of sp³-hybridized carbons (Fsp3) is 0.400. The van der Waals surface area contributed by atoms with E-state index in [1.807, 2.05) is 26.0 Å². The van der Waals surface area contributed by atoms with Gasteiger partial charge in [-0.05, 0) is 26.0 Å². The van der Waals surface area contributed by atoms with Crippen molar-refractivity contribution in [1.82, 2.24) is 0 Å². The van der Waals surface area contributed by atoms with Gasteiger partial charge in [0, 0.05) is 6.07 Å². The van der Waals surface area contributed by atoms with E-state index in [-0.39, 0.29) is 12.4 Å². The Labute approximate surface area is 90.6 Å². The number of benzene rings is 1. The Bertz CT molecular complexity index is 279. The number of nitrogens with two attached hydrogens (primary N) is 1. The van der Waals surface area contributed by atoms with Crippen LogP contribution in [0.1, 0.15) is 13.8 Å². The third-order valence-electron chi connectivity index (χ3n) is 1.59. The van der Waals surface area contributed by atoms with Crippen LogP contribution in [-0.4, -0.2) is 13.2 Å². The van der Waals surface area contributed by atoms with Crippen molar-refractivity contribution in [2.45, 2.75) is 13.8 Å². The standard InChI is InChI=1S/C10H15NO2.ClH/c1-3-12-8-5-6-10(13-4-2)9(11)7-8;/h5-7H,3-4,11H2,1-2H3;1H. The Kier molecular flexibility index (Phi) is 5.88. The van der Waals surface area contributed by atoms with E-state index in [1.165, 1.54) is 0 Å². The second kappa shape index (κ2) is 6.38. The molecular weight excluding hydrogens is 202 g/mol. The summed E-state index contributed by atoms with van der Waals surface area (Å²) in [6.45, 7) is 5.13. The molecule has 1 rings (SSSR count). The Morgan fingerprint density at radius 2 is 1.79 bits per heavy atom. The van der Waals surface area contributed by atoms with E-state index in [4.69, 9.17) is 15.2 Å². The van der Waals surface area contributed by atoms with Crippen molar-refractivity contribution < 1.29 is 9.47 Å². The molecule has 0 atom stereocenters. The van der Waals surface area contributed by atoms with E-state index in [0.717, 1.165) is 5.75 Å². The molecule has 1 aromatic carbocycles. The van der Waals surface area contributed by atoms with Crippen LogP contribution < -0.4 is 15.2 Å². The molecule has 0 fully saturated rings. The summed E-state index contributed by atoms with van der Waals surface area (Å²) in [6, 6.07) is 5.45. The van der Waals surface area contributed by atoms with Gasteiger partial charge in [-0.15, -0.1) is 12.4 Å². The van der Waals surface area contributed by atoms with Crippen molar-refractivity contribution >= 4 is 18.1 Å². The van der Waals surface area contributed by atoms with Gasteiger partial charge in [-0.1, -0.05) is 0 Å². The van der Waals surface area contributed by atoms with Crippen LogP contribution in [0.4, 0.5) is 5.69 Å². The molecule has 0 bridgehead atoms. The van der Waals surface area contributed by atoms with Crippen LogP contribution in [0.5, 0.6) is 11.5 Å². The van der Waals surface area contributed by atoms with Crippen molar-refractivity contribution in [3.63, 3.8) is 0 Å². The van der Waals surface area contributed by atoms with Crippen molar-refractivity contribution in [2.24, 2.45) is 0 Å². The number of rotatable bonds is 4. The van der Waals surface area contributed by atoms with Gasteiger partial charge in [-0.3, -0.25) is 0 Å². The maximum absolute atomic E-state index is 5.73. The summed E-state index contributed by atoms with van der Waals surface area (Å²) in [4.78, 5) is 0. The van der Waals surface area contributed by atoms with E-state index >= 15 is 0 Å². The number of halogens is 1. The molecule has 4 heteroatoms. The van der Waals surface area contributed by atoms with Gasteiger partial charge in [0.2, 0.25) is 0 Å². The number of nitrogen functional groups attached to an aromatic ring is 1. The lowest BCUT2D eigenvalue weighted by molar-refractivity contribution is 0.332. The predicted octanol–water partition coefficient (Wildman–Crippen LogP) is 2.49. The zero-order chi connectivity index (χ0) is 9.68. The third kappa shape index (κ3) is 3.34. The van der Waals surface area contributed by atoms with Gasteiger partial charge in [0.1, 0.15) is 11.5 Å². The highest BCUT2D eigenvalue weighted by molar-refractivity contribution is 5.85. The lowest BCUT2D eigenvalue weighted by atomic mass is 10.3. The Morgan fingerprint density at radius 3 is 2.29 bits per heavy atom. The van der Waals surface area contributed by atoms with Crippen molar-refractivity contribution in [3.05, 3.63) is 18.2 Å².